The Kier molecular flexibility index (Phi) is 4.60. The van der Waals surface area contributed by atoms with Gasteiger partial charge in [-0.3, -0.25) is 9.48 Å². The molecule has 1 heterocycles. The quantitative estimate of drug-likeness (QED) is 0.928. The van der Waals surface area contributed by atoms with E-state index in [1.54, 1.807) is 0 Å². The molecule has 0 saturated carbocycles. The summed E-state index contributed by atoms with van der Waals surface area (Å²) in [5, 5.41) is 7.30. The minimum atomic E-state index is -0.142. The Morgan fingerprint density at radius 2 is 2.00 bits per heavy atom. The summed E-state index contributed by atoms with van der Waals surface area (Å²) in [6, 6.07) is 9.57. The summed E-state index contributed by atoms with van der Waals surface area (Å²) in [6.45, 7) is 6.45. The number of anilines is 1. The second-order valence-corrected chi connectivity index (χ2v) is 5.92. The smallest absolute Gasteiger partial charge is 0.229 e. The van der Waals surface area contributed by atoms with Crippen molar-refractivity contribution in [2.75, 3.05) is 5.32 Å². The highest BCUT2D eigenvalue weighted by molar-refractivity contribution is 9.10. The Hall–Kier alpha value is -1.62. The molecule has 2 rings (SSSR count). The number of benzene rings is 1. The molecule has 1 aromatic carbocycles. The van der Waals surface area contributed by atoms with Crippen LogP contribution in [0.1, 0.15) is 18.3 Å². The first-order valence-corrected chi connectivity index (χ1v) is 7.32. The number of amides is 1. The van der Waals surface area contributed by atoms with Gasteiger partial charge < -0.3 is 5.32 Å². The molecular formula is C15H18BrN3O. The minimum Gasteiger partial charge on any atom is -0.326 e. The van der Waals surface area contributed by atoms with Gasteiger partial charge in [0.05, 0.1) is 18.2 Å². The van der Waals surface area contributed by atoms with Crippen LogP contribution < -0.4 is 5.32 Å². The van der Waals surface area contributed by atoms with Crippen LogP contribution >= 0.6 is 15.9 Å². The van der Waals surface area contributed by atoms with Crippen molar-refractivity contribution < 1.29 is 4.79 Å². The molecule has 4 nitrogen and oxygen atoms in total. The van der Waals surface area contributed by atoms with Gasteiger partial charge in [-0.05, 0) is 44.2 Å². The standard InChI is InChI=1S/C15H18BrN3O/c1-10(9-19-12(3)8-11(2)18-19)15(20)17-14-6-4-13(16)5-7-14/h4-8,10H,9H2,1-3H3,(H,17,20)/t10-/m1/s1. The van der Waals surface area contributed by atoms with Crippen LogP contribution in [0.15, 0.2) is 34.8 Å². The second kappa shape index (κ2) is 6.22. The van der Waals surface area contributed by atoms with Crippen LogP contribution in [0.25, 0.3) is 0 Å². The average Bonchev–Trinajstić information content (AvgIpc) is 2.70. The van der Waals surface area contributed by atoms with E-state index in [1.807, 2.05) is 55.8 Å². The molecule has 0 bridgehead atoms. The van der Waals surface area contributed by atoms with Gasteiger partial charge in [0.1, 0.15) is 0 Å². The highest BCUT2D eigenvalue weighted by Gasteiger charge is 2.15. The molecule has 0 unspecified atom stereocenters. The Labute approximate surface area is 127 Å². The topological polar surface area (TPSA) is 46.9 Å². The van der Waals surface area contributed by atoms with E-state index in [9.17, 15) is 4.79 Å². The fourth-order valence-corrected chi connectivity index (χ4v) is 2.27. The predicted octanol–water partition coefficient (Wildman–Crippen LogP) is 3.54. The highest BCUT2D eigenvalue weighted by atomic mass is 79.9. The van der Waals surface area contributed by atoms with E-state index >= 15 is 0 Å². The van der Waals surface area contributed by atoms with Crippen LogP contribution in [0, 0.1) is 19.8 Å². The van der Waals surface area contributed by atoms with Gasteiger partial charge in [0.25, 0.3) is 0 Å². The van der Waals surface area contributed by atoms with Crippen LogP contribution in [0.4, 0.5) is 5.69 Å². The van der Waals surface area contributed by atoms with Crippen LogP contribution in [-0.2, 0) is 11.3 Å². The molecule has 0 saturated heterocycles. The molecule has 20 heavy (non-hydrogen) atoms. The lowest BCUT2D eigenvalue weighted by molar-refractivity contribution is -0.119. The van der Waals surface area contributed by atoms with Crippen molar-refractivity contribution in [3.63, 3.8) is 0 Å². The lowest BCUT2D eigenvalue weighted by Crippen LogP contribution is -2.25. The lowest BCUT2D eigenvalue weighted by Gasteiger charge is -2.13. The molecule has 0 spiro atoms. The highest BCUT2D eigenvalue weighted by Crippen LogP contribution is 2.15. The Morgan fingerprint density at radius 1 is 1.35 bits per heavy atom. The van der Waals surface area contributed by atoms with E-state index in [2.05, 4.69) is 26.3 Å². The molecule has 1 amide bonds. The van der Waals surface area contributed by atoms with Gasteiger partial charge in [-0.2, -0.15) is 5.10 Å². The van der Waals surface area contributed by atoms with Crippen LogP contribution in [0.2, 0.25) is 0 Å². The monoisotopic (exact) mass is 335 g/mol. The summed E-state index contributed by atoms with van der Waals surface area (Å²) in [4.78, 5) is 12.2. The zero-order valence-electron chi connectivity index (χ0n) is 11.9. The van der Waals surface area contributed by atoms with E-state index < -0.39 is 0 Å². The first kappa shape index (κ1) is 14.8. The molecule has 106 valence electrons. The van der Waals surface area contributed by atoms with Crippen LogP contribution in [0.5, 0.6) is 0 Å². The molecule has 1 atom stereocenters. The average molecular weight is 336 g/mol. The van der Waals surface area contributed by atoms with E-state index in [0.717, 1.165) is 21.5 Å². The van der Waals surface area contributed by atoms with E-state index in [0.29, 0.717) is 6.54 Å². The Bertz CT molecular complexity index is 604. The number of carbonyl (C=O) groups excluding carboxylic acids is 1. The molecule has 1 N–H and O–H groups in total. The number of carbonyl (C=O) groups is 1. The normalized spacial score (nSPS) is 12.2. The molecule has 1 aromatic heterocycles. The minimum absolute atomic E-state index is 0.000115. The third-order valence-electron chi connectivity index (χ3n) is 3.11. The van der Waals surface area contributed by atoms with Gasteiger partial charge in [-0.15, -0.1) is 0 Å². The van der Waals surface area contributed by atoms with Crippen LogP contribution in [0.3, 0.4) is 0 Å². The fourth-order valence-electron chi connectivity index (χ4n) is 2.00. The van der Waals surface area contributed by atoms with Crippen molar-refractivity contribution in [2.45, 2.75) is 27.3 Å². The maximum Gasteiger partial charge on any atom is 0.229 e. The largest absolute Gasteiger partial charge is 0.326 e. The molecule has 0 fully saturated rings. The lowest BCUT2D eigenvalue weighted by atomic mass is 10.1. The van der Waals surface area contributed by atoms with Gasteiger partial charge in [0.2, 0.25) is 5.91 Å². The van der Waals surface area contributed by atoms with E-state index in [4.69, 9.17) is 0 Å². The van der Waals surface area contributed by atoms with Gasteiger partial charge in [0.15, 0.2) is 0 Å². The molecule has 0 aliphatic carbocycles. The number of hydrogen-bond acceptors (Lipinski definition) is 2. The summed E-state index contributed by atoms with van der Waals surface area (Å²) in [7, 11) is 0. The van der Waals surface area contributed by atoms with Crippen molar-refractivity contribution >= 4 is 27.5 Å². The molecule has 0 radical (unpaired) electrons. The van der Waals surface area contributed by atoms with E-state index in [1.165, 1.54) is 0 Å². The Morgan fingerprint density at radius 3 is 2.55 bits per heavy atom. The van der Waals surface area contributed by atoms with Crippen molar-refractivity contribution in [3.05, 3.63) is 46.2 Å². The number of halogens is 1. The summed E-state index contributed by atoms with van der Waals surface area (Å²) in [6.07, 6.45) is 0. The van der Waals surface area contributed by atoms with Crippen molar-refractivity contribution in [1.29, 1.82) is 0 Å². The third kappa shape index (κ3) is 3.70. The van der Waals surface area contributed by atoms with Gasteiger partial charge in [0, 0.05) is 15.9 Å². The maximum atomic E-state index is 12.2. The third-order valence-corrected chi connectivity index (χ3v) is 3.64. The number of aromatic nitrogens is 2. The first-order chi connectivity index (χ1) is 9.45. The number of nitrogens with zero attached hydrogens (tertiary/aromatic N) is 2. The summed E-state index contributed by atoms with van der Waals surface area (Å²) in [5.41, 5.74) is 2.85. The molecule has 5 heteroatoms. The van der Waals surface area contributed by atoms with Crippen molar-refractivity contribution in [1.82, 2.24) is 9.78 Å². The zero-order valence-corrected chi connectivity index (χ0v) is 13.4. The molecule has 0 aliphatic heterocycles. The van der Waals surface area contributed by atoms with Crippen molar-refractivity contribution in [2.24, 2.45) is 5.92 Å². The SMILES string of the molecule is Cc1cc(C)n(C[C@@H](C)C(=O)Nc2ccc(Br)cc2)n1. The maximum absolute atomic E-state index is 12.2. The van der Waals surface area contributed by atoms with Gasteiger partial charge in [-0.25, -0.2) is 0 Å². The number of rotatable bonds is 4. The Balaban J connectivity index is 1.98. The number of nitrogens with one attached hydrogen (secondary N) is 1. The van der Waals surface area contributed by atoms with Crippen molar-refractivity contribution in [3.8, 4) is 0 Å². The second-order valence-electron chi connectivity index (χ2n) is 5.01. The number of hydrogen-bond donors (Lipinski definition) is 1. The molecule has 2 aromatic rings. The number of aryl methyl sites for hydroxylation is 2. The van der Waals surface area contributed by atoms with E-state index in [-0.39, 0.29) is 11.8 Å². The van der Waals surface area contributed by atoms with Crippen LogP contribution in [-0.4, -0.2) is 15.7 Å². The molecular weight excluding hydrogens is 318 g/mol. The predicted molar refractivity (Wildman–Crippen MR) is 83.6 cm³/mol. The zero-order chi connectivity index (χ0) is 14.7. The summed E-state index contributed by atoms with van der Waals surface area (Å²) < 4.78 is 2.87. The van der Waals surface area contributed by atoms with Gasteiger partial charge >= 0.3 is 0 Å². The van der Waals surface area contributed by atoms with Gasteiger partial charge in [-0.1, -0.05) is 22.9 Å². The fraction of sp³-hybridized carbons (Fsp3) is 0.333. The summed E-state index contributed by atoms with van der Waals surface area (Å²) in [5.74, 6) is -0.142. The first-order valence-electron chi connectivity index (χ1n) is 6.53. The molecule has 0 aliphatic rings. The summed E-state index contributed by atoms with van der Waals surface area (Å²) >= 11 is 3.37.